The number of hydrogen-bond donors (Lipinski definition) is 3. The fourth-order valence-corrected chi connectivity index (χ4v) is 5.29. The zero-order valence-corrected chi connectivity index (χ0v) is 28.5. The SMILES string of the molecule is CC/C=C\C/C=C\C/C=C\C/C=C\CCCCCCC(=O)NC(CO)C(O)CCCCCCCCCCCCCCCC. The highest BCUT2D eigenvalue weighted by Crippen LogP contribution is 2.15. The predicted octanol–water partition coefficient (Wildman–Crippen LogP) is 10.8. The van der Waals surface area contributed by atoms with Gasteiger partial charge in [0.2, 0.25) is 5.91 Å². The quantitative estimate of drug-likeness (QED) is 0.0530. The lowest BCUT2D eigenvalue weighted by Gasteiger charge is -2.22. The first kappa shape index (κ1) is 41.4. The van der Waals surface area contributed by atoms with E-state index >= 15 is 0 Å². The molecule has 43 heavy (non-hydrogen) atoms. The van der Waals surface area contributed by atoms with Gasteiger partial charge >= 0.3 is 0 Å². The fourth-order valence-electron chi connectivity index (χ4n) is 5.29. The number of unbranched alkanes of at least 4 members (excludes halogenated alkanes) is 17. The van der Waals surface area contributed by atoms with Gasteiger partial charge in [0.05, 0.1) is 18.8 Å². The van der Waals surface area contributed by atoms with Crippen LogP contribution < -0.4 is 5.32 Å². The Balaban J connectivity index is 3.65. The molecule has 0 aromatic heterocycles. The van der Waals surface area contributed by atoms with Crippen molar-refractivity contribution in [2.24, 2.45) is 0 Å². The summed E-state index contributed by atoms with van der Waals surface area (Å²) < 4.78 is 0. The molecule has 4 nitrogen and oxygen atoms in total. The number of rotatable bonds is 32. The number of amides is 1. The first-order chi connectivity index (χ1) is 21.2. The third-order valence-electron chi connectivity index (χ3n) is 8.10. The van der Waals surface area contributed by atoms with Crippen LogP contribution in [0.15, 0.2) is 48.6 Å². The highest BCUT2D eigenvalue weighted by Gasteiger charge is 2.19. The Hall–Kier alpha value is -1.65. The van der Waals surface area contributed by atoms with E-state index in [9.17, 15) is 15.0 Å². The number of nitrogens with one attached hydrogen (secondary N) is 1. The first-order valence-corrected chi connectivity index (χ1v) is 18.3. The van der Waals surface area contributed by atoms with Crippen molar-refractivity contribution in [3.05, 3.63) is 48.6 Å². The van der Waals surface area contributed by atoms with Crippen molar-refractivity contribution in [3.63, 3.8) is 0 Å². The molecule has 0 aromatic rings. The molecule has 0 aliphatic rings. The van der Waals surface area contributed by atoms with E-state index in [2.05, 4.69) is 67.8 Å². The Kier molecular flexibility index (Phi) is 33.5. The average molecular weight is 602 g/mol. The first-order valence-electron chi connectivity index (χ1n) is 18.3. The molecule has 0 bridgehead atoms. The molecule has 250 valence electrons. The monoisotopic (exact) mass is 602 g/mol. The highest BCUT2D eigenvalue weighted by atomic mass is 16.3. The van der Waals surface area contributed by atoms with Crippen LogP contribution >= 0.6 is 0 Å². The normalized spacial score (nSPS) is 13.7. The number of aliphatic hydroxyl groups excluding tert-OH is 2. The largest absolute Gasteiger partial charge is 0.394 e. The molecule has 0 fully saturated rings. The summed E-state index contributed by atoms with van der Waals surface area (Å²) in [5, 5.41) is 23.0. The molecule has 2 unspecified atom stereocenters. The van der Waals surface area contributed by atoms with E-state index in [1.165, 1.54) is 77.0 Å². The zero-order valence-electron chi connectivity index (χ0n) is 28.5. The highest BCUT2D eigenvalue weighted by molar-refractivity contribution is 5.76. The second kappa shape index (κ2) is 34.8. The van der Waals surface area contributed by atoms with Gasteiger partial charge in [-0.15, -0.1) is 0 Å². The topological polar surface area (TPSA) is 69.6 Å². The van der Waals surface area contributed by atoms with Gasteiger partial charge in [0.1, 0.15) is 0 Å². The third kappa shape index (κ3) is 31.6. The summed E-state index contributed by atoms with van der Waals surface area (Å²) in [7, 11) is 0. The second-order valence-electron chi connectivity index (χ2n) is 12.3. The summed E-state index contributed by atoms with van der Waals surface area (Å²) >= 11 is 0. The van der Waals surface area contributed by atoms with Gasteiger partial charge in [-0.2, -0.15) is 0 Å². The number of allylic oxidation sites excluding steroid dienone is 8. The van der Waals surface area contributed by atoms with E-state index < -0.39 is 12.1 Å². The maximum Gasteiger partial charge on any atom is 0.220 e. The van der Waals surface area contributed by atoms with E-state index in [0.717, 1.165) is 70.6 Å². The van der Waals surface area contributed by atoms with Gasteiger partial charge in [-0.3, -0.25) is 4.79 Å². The van der Waals surface area contributed by atoms with Gasteiger partial charge in [-0.25, -0.2) is 0 Å². The predicted molar refractivity (Wildman–Crippen MR) is 188 cm³/mol. The van der Waals surface area contributed by atoms with Crippen LogP contribution in [0.5, 0.6) is 0 Å². The lowest BCUT2D eigenvalue weighted by Crippen LogP contribution is -2.45. The molecule has 3 N–H and O–H groups in total. The van der Waals surface area contributed by atoms with Crippen LogP contribution in [0, 0.1) is 0 Å². The molecule has 0 spiro atoms. The van der Waals surface area contributed by atoms with Crippen LogP contribution in [0.4, 0.5) is 0 Å². The third-order valence-corrected chi connectivity index (χ3v) is 8.10. The maximum absolute atomic E-state index is 12.3. The van der Waals surface area contributed by atoms with Crippen LogP contribution in [0.3, 0.4) is 0 Å². The Morgan fingerprint density at radius 3 is 1.53 bits per heavy atom. The lowest BCUT2D eigenvalue weighted by atomic mass is 10.0. The smallest absolute Gasteiger partial charge is 0.220 e. The summed E-state index contributed by atoms with van der Waals surface area (Å²) in [4.78, 5) is 12.3. The molecule has 0 aliphatic carbocycles. The van der Waals surface area contributed by atoms with Crippen molar-refractivity contribution in [2.45, 2.75) is 187 Å². The van der Waals surface area contributed by atoms with Gasteiger partial charge in [0, 0.05) is 6.42 Å². The summed E-state index contributed by atoms with van der Waals surface area (Å²) in [6.07, 6.45) is 45.9. The van der Waals surface area contributed by atoms with Crippen molar-refractivity contribution < 1.29 is 15.0 Å². The number of aliphatic hydroxyl groups is 2. The van der Waals surface area contributed by atoms with Gasteiger partial charge in [0.25, 0.3) is 0 Å². The van der Waals surface area contributed by atoms with E-state index in [0.29, 0.717) is 12.8 Å². The van der Waals surface area contributed by atoms with Crippen LogP contribution in [0.25, 0.3) is 0 Å². The molecular formula is C39H71NO3. The summed E-state index contributed by atoms with van der Waals surface area (Å²) in [5.41, 5.74) is 0. The number of carbonyl (C=O) groups excluding carboxylic acids is 1. The molecule has 0 rings (SSSR count). The molecule has 0 saturated heterocycles. The van der Waals surface area contributed by atoms with E-state index in [1.54, 1.807) is 0 Å². The van der Waals surface area contributed by atoms with Crippen molar-refractivity contribution >= 4 is 5.91 Å². The van der Waals surface area contributed by atoms with Crippen LogP contribution in [-0.4, -0.2) is 34.9 Å². The maximum atomic E-state index is 12.3. The Morgan fingerprint density at radius 2 is 1.02 bits per heavy atom. The second-order valence-corrected chi connectivity index (χ2v) is 12.3. The van der Waals surface area contributed by atoms with Crippen LogP contribution in [0.1, 0.15) is 174 Å². The van der Waals surface area contributed by atoms with Crippen molar-refractivity contribution in [1.82, 2.24) is 5.32 Å². The Labute approximate surface area is 267 Å². The standard InChI is InChI=1S/C39H71NO3/c1-3-5-7-9-11-13-15-17-19-20-21-23-25-27-29-31-33-35-39(43)40-37(36-41)38(42)34-32-30-28-26-24-22-18-16-14-12-10-8-6-4-2/h5,7,11,13,17,19,21,23,37-38,41-42H,3-4,6,8-10,12,14-16,18,20,22,24-36H2,1-2H3,(H,40,43)/b7-5-,13-11-,19-17-,23-21-. The lowest BCUT2D eigenvalue weighted by molar-refractivity contribution is -0.123. The fraction of sp³-hybridized carbons (Fsp3) is 0.769. The van der Waals surface area contributed by atoms with Crippen molar-refractivity contribution in [2.75, 3.05) is 6.61 Å². The van der Waals surface area contributed by atoms with E-state index in [4.69, 9.17) is 0 Å². The minimum Gasteiger partial charge on any atom is -0.394 e. The van der Waals surface area contributed by atoms with Gasteiger partial charge in [-0.05, 0) is 51.4 Å². The minimum atomic E-state index is -0.669. The van der Waals surface area contributed by atoms with Crippen LogP contribution in [-0.2, 0) is 4.79 Å². The summed E-state index contributed by atoms with van der Waals surface area (Å²) in [6, 6.07) is -0.548. The molecule has 2 atom stereocenters. The molecular weight excluding hydrogens is 530 g/mol. The Morgan fingerprint density at radius 1 is 0.581 bits per heavy atom. The van der Waals surface area contributed by atoms with E-state index in [1.807, 2.05) is 0 Å². The number of hydrogen-bond acceptors (Lipinski definition) is 3. The molecule has 1 amide bonds. The molecule has 0 heterocycles. The molecule has 0 aliphatic heterocycles. The Bertz CT molecular complexity index is 697. The van der Waals surface area contributed by atoms with Gasteiger partial charge in [0.15, 0.2) is 0 Å². The van der Waals surface area contributed by atoms with Crippen LogP contribution in [0.2, 0.25) is 0 Å². The minimum absolute atomic E-state index is 0.0574. The molecule has 0 aromatic carbocycles. The summed E-state index contributed by atoms with van der Waals surface area (Å²) in [6.45, 7) is 4.22. The molecule has 0 radical (unpaired) electrons. The van der Waals surface area contributed by atoms with Crippen molar-refractivity contribution in [3.8, 4) is 0 Å². The van der Waals surface area contributed by atoms with Crippen molar-refractivity contribution in [1.29, 1.82) is 0 Å². The van der Waals surface area contributed by atoms with E-state index in [-0.39, 0.29) is 12.5 Å². The summed E-state index contributed by atoms with van der Waals surface area (Å²) in [5.74, 6) is -0.0574. The molecule has 4 heteroatoms. The number of carbonyl (C=O) groups is 1. The van der Waals surface area contributed by atoms with Gasteiger partial charge in [-0.1, -0.05) is 165 Å². The average Bonchev–Trinajstić information content (AvgIpc) is 3.01. The molecule has 0 saturated carbocycles. The van der Waals surface area contributed by atoms with Gasteiger partial charge < -0.3 is 15.5 Å². The zero-order chi connectivity index (χ0) is 31.5.